The summed E-state index contributed by atoms with van der Waals surface area (Å²) in [5.41, 5.74) is 6.90. The van der Waals surface area contributed by atoms with Gasteiger partial charge in [0.2, 0.25) is 0 Å². The summed E-state index contributed by atoms with van der Waals surface area (Å²) in [6, 6.07) is 0. The van der Waals surface area contributed by atoms with Gasteiger partial charge in [0.1, 0.15) is 18.2 Å². The molecule has 2 aromatic heterocycles. The van der Waals surface area contributed by atoms with Gasteiger partial charge in [-0.2, -0.15) is 0 Å². The van der Waals surface area contributed by atoms with Crippen LogP contribution in [-0.4, -0.2) is 62.9 Å². The van der Waals surface area contributed by atoms with Gasteiger partial charge in [0.25, 0.3) is 7.52 Å². The Labute approximate surface area is 183 Å². The Morgan fingerprint density at radius 3 is 2.48 bits per heavy atom. The van der Waals surface area contributed by atoms with E-state index >= 15 is 0 Å². The van der Waals surface area contributed by atoms with Crippen molar-refractivity contribution in [2.45, 2.75) is 65.4 Å². The lowest BCUT2D eigenvalue weighted by Gasteiger charge is -2.22. The topological polar surface area (TPSA) is 147 Å². The number of hydrogen-bond acceptors (Lipinski definition) is 8. The Balaban J connectivity index is 1.81. The molecule has 0 saturated heterocycles. The van der Waals surface area contributed by atoms with Crippen molar-refractivity contribution in [3.63, 3.8) is 0 Å². The highest BCUT2D eigenvalue weighted by Gasteiger charge is 2.22. The maximum absolute atomic E-state index is 12.5. The smallest absolute Gasteiger partial charge is 0.292 e. The minimum absolute atomic E-state index is 0.112. The van der Waals surface area contributed by atoms with Crippen LogP contribution in [0.25, 0.3) is 11.2 Å². The van der Waals surface area contributed by atoms with Crippen molar-refractivity contribution in [3.8, 4) is 0 Å². The second-order valence-electron chi connectivity index (χ2n) is 7.38. The molecular formula is C19H35N6O5P. The highest BCUT2D eigenvalue weighted by Crippen LogP contribution is 2.35. The van der Waals surface area contributed by atoms with E-state index in [2.05, 4.69) is 33.9 Å². The predicted molar refractivity (Wildman–Crippen MR) is 118 cm³/mol. The van der Waals surface area contributed by atoms with Crippen molar-refractivity contribution in [2.24, 2.45) is 0 Å². The Morgan fingerprint density at radius 2 is 1.84 bits per heavy atom. The monoisotopic (exact) mass is 458 g/mol. The summed E-state index contributed by atoms with van der Waals surface area (Å²) in [5.74, 6) is 0.304. The van der Waals surface area contributed by atoms with Gasteiger partial charge < -0.3 is 29.4 Å². The van der Waals surface area contributed by atoms with Gasteiger partial charge in [0.15, 0.2) is 17.8 Å². The molecule has 0 fully saturated rings. The van der Waals surface area contributed by atoms with Gasteiger partial charge in [0.05, 0.1) is 25.5 Å². The first-order chi connectivity index (χ1) is 14.9. The molecule has 4 N–H and O–H groups in total. The molecule has 0 amide bonds. The number of rotatable bonds is 16. The quantitative estimate of drug-likeness (QED) is 0.195. The zero-order valence-electron chi connectivity index (χ0n) is 18.6. The van der Waals surface area contributed by atoms with E-state index in [0.717, 1.165) is 25.7 Å². The molecule has 2 unspecified atom stereocenters. The van der Waals surface area contributed by atoms with E-state index in [1.54, 1.807) is 17.8 Å². The van der Waals surface area contributed by atoms with Crippen LogP contribution < -0.4 is 10.8 Å². The Bertz CT molecular complexity index is 825. The average molecular weight is 459 g/mol. The van der Waals surface area contributed by atoms with E-state index < -0.39 is 13.8 Å². The molecule has 31 heavy (non-hydrogen) atoms. The maximum atomic E-state index is 12.5. The van der Waals surface area contributed by atoms with E-state index in [-0.39, 0.29) is 19.0 Å². The number of anilines is 1. The van der Waals surface area contributed by atoms with Crippen molar-refractivity contribution >= 4 is 24.5 Å². The largest absolute Gasteiger partial charge is 0.382 e. The lowest BCUT2D eigenvalue weighted by molar-refractivity contribution is -0.138. The molecule has 12 heteroatoms. The van der Waals surface area contributed by atoms with Crippen LogP contribution in [0.4, 0.5) is 5.82 Å². The molecule has 0 aliphatic rings. The van der Waals surface area contributed by atoms with E-state index in [0.29, 0.717) is 36.7 Å². The number of nitrogens with one attached hydrogen (secondary N) is 1. The number of ether oxygens (including phenoxy) is 3. The van der Waals surface area contributed by atoms with Crippen LogP contribution in [0.3, 0.4) is 0 Å². The lowest BCUT2D eigenvalue weighted by atomic mass is 10.3. The number of nitrogens with zero attached hydrogens (tertiary/aromatic N) is 4. The predicted octanol–water partition coefficient (Wildman–Crippen LogP) is 2.51. The molecular weight excluding hydrogens is 423 g/mol. The third kappa shape index (κ3) is 8.80. The number of nitrogens with two attached hydrogens (primary N) is 1. The Morgan fingerprint density at radius 1 is 1.16 bits per heavy atom. The number of fused-ring (bicyclic) bond motifs is 1. The second kappa shape index (κ2) is 13.0. The van der Waals surface area contributed by atoms with Crippen LogP contribution in [0, 0.1) is 0 Å². The van der Waals surface area contributed by atoms with Crippen LogP contribution in [0.1, 0.15) is 46.5 Å². The van der Waals surface area contributed by atoms with Crippen LogP contribution in [0.5, 0.6) is 0 Å². The van der Waals surface area contributed by atoms with Crippen LogP contribution in [0.15, 0.2) is 12.7 Å². The van der Waals surface area contributed by atoms with Gasteiger partial charge in [-0.1, -0.05) is 26.7 Å². The number of imidazole rings is 1. The van der Waals surface area contributed by atoms with Gasteiger partial charge in [-0.25, -0.2) is 20.0 Å². The van der Waals surface area contributed by atoms with Gasteiger partial charge >= 0.3 is 0 Å². The molecule has 2 rings (SSSR count). The summed E-state index contributed by atoms with van der Waals surface area (Å²) >= 11 is 0. The zero-order chi connectivity index (χ0) is 22.7. The molecule has 0 saturated carbocycles. The number of unbranched alkanes of at least 4 members (excludes halogenated alkanes) is 2. The maximum Gasteiger partial charge on any atom is 0.292 e. The summed E-state index contributed by atoms with van der Waals surface area (Å²) < 4.78 is 31.2. The first-order valence-electron chi connectivity index (χ1n) is 10.7. The summed E-state index contributed by atoms with van der Waals surface area (Å²) in [7, 11) is -3.73. The Kier molecular flexibility index (Phi) is 10.8. The van der Waals surface area contributed by atoms with Gasteiger partial charge in [-0.05, 0) is 19.8 Å². The molecule has 2 heterocycles. The number of hydrogen-bond donors (Lipinski definition) is 3. The van der Waals surface area contributed by atoms with Crippen LogP contribution in [0.2, 0.25) is 0 Å². The minimum Gasteiger partial charge on any atom is -0.382 e. The average Bonchev–Trinajstić information content (AvgIpc) is 3.15. The van der Waals surface area contributed by atoms with Gasteiger partial charge in [-0.15, -0.1) is 0 Å². The van der Waals surface area contributed by atoms with E-state index in [4.69, 9.17) is 19.9 Å². The van der Waals surface area contributed by atoms with Crippen molar-refractivity contribution in [1.82, 2.24) is 24.6 Å². The molecule has 0 bridgehead atoms. The van der Waals surface area contributed by atoms with E-state index in [9.17, 15) is 9.46 Å². The Hall–Kier alpha value is -1.62. The zero-order valence-corrected chi connectivity index (χ0v) is 19.5. The minimum atomic E-state index is -3.73. The number of aromatic nitrogens is 4. The summed E-state index contributed by atoms with van der Waals surface area (Å²) in [4.78, 5) is 22.5. The normalized spacial score (nSPS) is 14.9. The molecule has 0 aliphatic heterocycles. The van der Waals surface area contributed by atoms with Gasteiger partial charge in [-0.3, -0.25) is 4.57 Å². The fraction of sp³-hybridized carbons (Fsp3) is 0.737. The molecule has 2 atom stereocenters. The summed E-state index contributed by atoms with van der Waals surface area (Å²) in [6.45, 7) is 7.56. The third-order valence-electron chi connectivity index (χ3n) is 4.53. The van der Waals surface area contributed by atoms with Crippen molar-refractivity contribution < 1.29 is 23.7 Å². The molecule has 0 spiro atoms. The number of nitrogen functional groups attached to an aromatic ring is 1. The first-order valence-corrected chi connectivity index (χ1v) is 12.5. The molecule has 176 valence electrons. The molecule has 2 aromatic rings. The van der Waals surface area contributed by atoms with Crippen LogP contribution >= 0.6 is 7.52 Å². The summed E-state index contributed by atoms with van der Waals surface area (Å²) in [5, 5.41) is 2.64. The van der Waals surface area contributed by atoms with E-state index in [1.807, 2.05) is 0 Å². The summed E-state index contributed by atoms with van der Waals surface area (Å²) in [6.07, 6.45) is 5.53. The second-order valence-corrected chi connectivity index (χ2v) is 9.35. The van der Waals surface area contributed by atoms with Gasteiger partial charge in [0, 0.05) is 13.2 Å². The molecule has 0 radical (unpaired) electrons. The fourth-order valence-electron chi connectivity index (χ4n) is 2.74. The highest BCUT2D eigenvalue weighted by atomic mass is 31.2. The fourth-order valence-corrected chi connectivity index (χ4v) is 3.72. The lowest BCUT2D eigenvalue weighted by Crippen LogP contribution is -2.32. The highest BCUT2D eigenvalue weighted by molar-refractivity contribution is 7.55. The van der Waals surface area contributed by atoms with Crippen molar-refractivity contribution in [1.29, 1.82) is 0 Å². The SMILES string of the molecule is CCCCOC(CNP(=O)(O)COC(C)Cn1cnc2c(N)ncnc21)OCCCC. The third-order valence-corrected chi connectivity index (χ3v) is 5.70. The van der Waals surface area contributed by atoms with Crippen molar-refractivity contribution in [3.05, 3.63) is 12.7 Å². The van der Waals surface area contributed by atoms with Crippen molar-refractivity contribution in [2.75, 3.05) is 31.8 Å². The molecule has 0 aliphatic carbocycles. The molecule has 0 aromatic carbocycles. The van der Waals surface area contributed by atoms with Crippen LogP contribution in [-0.2, 0) is 25.3 Å². The first kappa shape index (κ1) is 25.6. The van der Waals surface area contributed by atoms with E-state index in [1.165, 1.54) is 6.33 Å². The molecule has 11 nitrogen and oxygen atoms in total. The standard InChI is InChI=1S/C19H35N6O5P/c1-4-6-8-28-16(29-9-7-5-2)10-24-31(26,27)14-30-15(3)11-25-13-23-17-18(20)21-12-22-19(17)25/h12-13,15-16H,4-11,14H2,1-3H3,(H2,20,21,22)(H2,24,26,27).